The molecule has 4 heteroatoms. The highest BCUT2D eigenvalue weighted by molar-refractivity contribution is 6.42. The first-order valence-corrected chi connectivity index (χ1v) is 8.30. The quantitative estimate of drug-likeness (QED) is 0.575. The normalized spacial score (nSPS) is 21.0. The monoisotopic (exact) mass is 337 g/mol. The second-order valence-corrected chi connectivity index (χ2v) is 6.88. The van der Waals surface area contributed by atoms with Gasteiger partial charge in [0.05, 0.1) is 10.0 Å². The highest BCUT2D eigenvalue weighted by atomic mass is 35.5. The summed E-state index contributed by atoms with van der Waals surface area (Å²) in [7, 11) is 0. The van der Waals surface area contributed by atoms with Gasteiger partial charge in [0, 0.05) is 12.6 Å². The van der Waals surface area contributed by atoms with Gasteiger partial charge < -0.3 is 5.32 Å². The molecular formula is C18H21Cl2NO. The molecule has 0 radical (unpaired) electrons. The SMILES string of the molecule is CC(C)CNC(=O)C=CC=CC1CC1c1ccc(Cl)c(Cl)c1. The molecule has 0 aliphatic heterocycles. The summed E-state index contributed by atoms with van der Waals surface area (Å²) >= 11 is 12.0. The molecule has 2 atom stereocenters. The summed E-state index contributed by atoms with van der Waals surface area (Å²) in [5, 5.41) is 4.04. The molecule has 2 unspecified atom stereocenters. The van der Waals surface area contributed by atoms with Crippen molar-refractivity contribution >= 4 is 29.1 Å². The number of halogens is 2. The van der Waals surface area contributed by atoms with Crippen LogP contribution in [0.2, 0.25) is 10.0 Å². The lowest BCUT2D eigenvalue weighted by molar-refractivity contribution is -0.116. The van der Waals surface area contributed by atoms with Crippen molar-refractivity contribution in [1.29, 1.82) is 0 Å². The van der Waals surface area contributed by atoms with Crippen molar-refractivity contribution < 1.29 is 4.79 Å². The highest BCUT2D eigenvalue weighted by Gasteiger charge is 2.36. The molecular weight excluding hydrogens is 317 g/mol. The van der Waals surface area contributed by atoms with Gasteiger partial charge in [-0.1, -0.05) is 61.3 Å². The summed E-state index contributed by atoms with van der Waals surface area (Å²) < 4.78 is 0. The minimum absolute atomic E-state index is 0.0461. The third-order valence-corrected chi connectivity index (χ3v) is 4.35. The predicted octanol–water partition coefficient (Wildman–Crippen LogP) is 4.98. The molecule has 0 aromatic heterocycles. The molecule has 1 N–H and O–H groups in total. The van der Waals surface area contributed by atoms with E-state index in [9.17, 15) is 4.79 Å². The van der Waals surface area contributed by atoms with Gasteiger partial charge in [-0.3, -0.25) is 4.79 Å². The minimum Gasteiger partial charge on any atom is -0.352 e. The third-order valence-electron chi connectivity index (χ3n) is 3.61. The van der Waals surface area contributed by atoms with Gasteiger partial charge >= 0.3 is 0 Å². The van der Waals surface area contributed by atoms with Crippen molar-refractivity contribution in [3.63, 3.8) is 0 Å². The third kappa shape index (κ3) is 5.19. The zero-order valence-electron chi connectivity index (χ0n) is 12.9. The van der Waals surface area contributed by atoms with E-state index in [1.54, 1.807) is 12.2 Å². The van der Waals surface area contributed by atoms with Gasteiger partial charge in [-0.25, -0.2) is 0 Å². The van der Waals surface area contributed by atoms with Gasteiger partial charge in [-0.2, -0.15) is 0 Å². The number of nitrogens with one attached hydrogen (secondary N) is 1. The molecule has 118 valence electrons. The minimum atomic E-state index is -0.0461. The van der Waals surface area contributed by atoms with Crippen LogP contribution in [0, 0.1) is 11.8 Å². The van der Waals surface area contributed by atoms with Gasteiger partial charge in [0.2, 0.25) is 5.91 Å². The average molecular weight is 338 g/mol. The van der Waals surface area contributed by atoms with Crippen molar-refractivity contribution in [2.24, 2.45) is 11.8 Å². The molecule has 0 heterocycles. The molecule has 1 aromatic carbocycles. The van der Waals surface area contributed by atoms with E-state index >= 15 is 0 Å². The first-order valence-electron chi connectivity index (χ1n) is 7.55. The van der Waals surface area contributed by atoms with Gasteiger partial charge in [0.25, 0.3) is 0 Å². The Bertz CT molecular complexity index is 593. The molecule has 1 aliphatic rings. The fraction of sp³-hybridized carbons (Fsp3) is 0.389. The lowest BCUT2D eigenvalue weighted by atomic mass is 10.1. The summed E-state index contributed by atoms with van der Waals surface area (Å²) in [5.41, 5.74) is 1.22. The average Bonchev–Trinajstić information content (AvgIpc) is 3.24. The lowest BCUT2D eigenvalue weighted by Gasteiger charge is -2.03. The van der Waals surface area contributed by atoms with E-state index in [0.29, 0.717) is 34.3 Å². The van der Waals surface area contributed by atoms with E-state index in [1.807, 2.05) is 24.3 Å². The van der Waals surface area contributed by atoms with E-state index in [4.69, 9.17) is 23.2 Å². The summed E-state index contributed by atoms with van der Waals surface area (Å²) in [6.45, 7) is 4.84. The van der Waals surface area contributed by atoms with Crippen LogP contribution in [0.1, 0.15) is 31.7 Å². The summed E-state index contributed by atoms with van der Waals surface area (Å²) in [5.74, 6) is 1.44. The van der Waals surface area contributed by atoms with Crippen LogP contribution in [0.15, 0.2) is 42.5 Å². The van der Waals surface area contributed by atoms with Gasteiger partial charge in [-0.05, 0) is 41.9 Å². The fourth-order valence-corrected chi connectivity index (χ4v) is 2.57. The van der Waals surface area contributed by atoms with E-state index in [0.717, 1.165) is 6.42 Å². The molecule has 22 heavy (non-hydrogen) atoms. The first-order chi connectivity index (χ1) is 10.5. The number of carbonyl (C=O) groups excluding carboxylic acids is 1. The Labute approximate surface area is 142 Å². The zero-order valence-corrected chi connectivity index (χ0v) is 14.4. The van der Waals surface area contributed by atoms with Crippen LogP contribution < -0.4 is 5.32 Å². The Hall–Kier alpha value is -1.25. The van der Waals surface area contributed by atoms with Crippen molar-refractivity contribution in [2.75, 3.05) is 6.54 Å². The molecule has 0 bridgehead atoms. The molecule has 2 nitrogen and oxygen atoms in total. The van der Waals surface area contributed by atoms with E-state index in [1.165, 1.54) is 5.56 Å². The second kappa shape index (κ2) is 7.85. The summed E-state index contributed by atoms with van der Waals surface area (Å²) in [6, 6.07) is 5.82. The number of carbonyl (C=O) groups is 1. The van der Waals surface area contributed by atoms with Crippen molar-refractivity contribution in [3.05, 3.63) is 58.1 Å². The number of hydrogen-bond donors (Lipinski definition) is 1. The van der Waals surface area contributed by atoms with Gasteiger partial charge in [-0.15, -0.1) is 0 Å². The standard InChI is InChI=1S/C18H21Cl2NO/c1-12(2)11-21-18(22)6-4-3-5-13-9-15(13)14-7-8-16(19)17(20)10-14/h3-8,10,12-13,15H,9,11H2,1-2H3,(H,21,22). The fourth-order valence-electron chi connectivity index (χ4n) is 2.27. The molecule has 1 amide bonds. The number of rotatable bonds is 6. The molecule has 2 rings (SSSR count). The van der Waals surface area contributed by atoms with E-state index in [2.05, 4.69) is 25.2 Å². The van der Waals surface area contributed by atoms with Crippen LogP contribution in [0.3, 0.4) is 0 Å². The number of hydrogen-bond acceptors (Lipinski definition) is 1. The largest absolute Gasteiger partial charge is 0.352 e. The van der Waals surface area contributed by atoms with Crippen molar-refractivity contribution in [2.45, 2.75) is 26.2 Å². The Morgan fingerprint density at radius 2 is 2.09 bits per heavy atom. The summed E-state index contributed by atoms with van der Waals surface area (Å²) in [6.07, 6.45) is 8.55. The van der Waals surface area contributed by atoms with Crippen molar-refractivity contribution in [1.82, 2.24) is 5.32 Å². The Morgan fingerprint density at radius 3 is 2.77 bits per heavy atom. The molecule has 0 spiro atoms. The van der Waals surface area contributed by atoms with Gasteiger partial charge in [0.15, 0.2) is 0 Å². The Morgan fingerprint density at radius 1 is 1.32 bits per heavy atom. The molecule has 1 aromatic rings. The van der Waals surface area contributed by atoms with Crippen LogP contribution >= 0.6 is 23.2 Å². The van der Waals surface area contributed by atoms with Crippen molar-refractivity contribution in [3.8, 4) is 0 Å². The maximum absolute atomic E-state index is 11.5. The maximum atomic E-state index is 11.5. The van der Waals surface area contributed by atoms with Crippen LogP contribution in [0.5, 0.6) is 0 Å². The molecule has 1 fully saturated rings. The van der Waals surface area contributed by atoms with Crippen LogP contribution in [-0.4, -0.2) is 12.5 Å². The number of benzene rings is 1. The Kier molecular flexibility index (Phi) is 6.10. The topological polar surface area (TPSA) is 29.1 Å². The Balaban J connectivity index is 1.78. The molecule has 1 aliphatic carbocycles. The maximum Gasteiger partial charge on any atom is 0.243 e. The summed E-state index contributed by atoms with van der Waals surface area (Å²) in [4.78, 5) is 11.5. The lowest BCUT2D eigenvalue weighted by Crippen LogP contribution is -2.25. The van der Waals surface area contributed by atoms with Crippen LogP contribution in [0.25, 0.3) is 0 Å². The molecule has 0 saturated heterocycles. The van der Waals surface area contributed by atoms with Crippen LogP contribution in [0.4, 0.5) is 0 Å². The molecule has 1 saturated carbocycles. The zero-order chi connectivity index (χ0) is 16.1. The van der Waals surface area contributed by atoms with E-state index in [-0.39, 0.29) is 5.91 Å². The first kappa shape index (κ1) is 17.1. The van der Waals surface area contributed by atoms with Gasteiger partial charge in [0.1, 0.15) is 0 Å². The smallest absolute Gasteiger partial charge is 0.243 e. The predicted molar refractivity (Wildman–Crippen MR) is 93.4 cm³/mol. The number of amides is 1. The second-order valence-electron chi connectivity index (χ2n) is 6.06. The highest BCUT2D eigenvalue weighted by Crippen LogP contribution is 2.49. The number of allylic oxidation sites excluding steroid dienone is 3. The van der Waals surface area contributed by atoms with Crippen LogP contribution in [-0.2, 0) is 4.79 Å². The van der Waals surface area contributed by atoms with E-state index < -0.39 is 0 Å².